The van der Waals surface area contributed by atoms with E-state index in [1.54, 1.807) is 6.07 Å². The predicted molar refractivity (Wildman–Crippen MR) is 103 cm³/mol. The molecule has 0 aliphatic heterocycles. The van der Waals surface area contributed by atoms with E-state index < -0.39 is 11.6 Å². The highest BCUT2D eigenvalue weighted by molar-refractivity contribution is 5.47. The zero-order valence-electron chi connectivity index (χ0n) is 15.6. The molecular weight excluding hydrogens is 340 g/mol. The van der Waals surface area contributed by atoms with Crippen molar-refractivity contribution in [2.75, 3.05) is 0 Å². The van der Waals surface area contributed by atoms with Crippen LogP contribution in [0.15, 0.2) is 36.4 Å². The average molecular weight is 363 g/mol. The van der Waals surface area contributed by atoms with Gasteiger partial charge in [0, 0.05) is 5.56 Å². The van der Waals surface area contributed by atoms with Gasteiger partial charge in [-0.1, -0.05) is 43.7 Å². The Kier molecular flexibility index (Phi) is 6.25. The molecule has 0 radical (unpaired) electrons. The second-order valence-electron chi connectivity index (χ2n) is 7.31. The second-order valence-corrected chi connectivity index (χ2v) is 7.31. The molecule has 1 saturated carbocycles. The van der Waals surface area contributed by atoms with Crippen LogP contribution in [-0.2, 0) is 0 Å². The van der Waals surface area contributed by atoms with Gasteiger partial charge in [0.1, 0.15) is 11.6 Å². The lowest BCUT2D eigenvalue weighted by atomic mass is 9.77. The summed E-state index contributed by atoms with van der Waals surface area (Å²) in [5, 5.41) is 8.74. The Morgan fingerprint density at radius 2 is 1.56 bits per heavy atom. The molecule has 0 spiro atoms. The van der Waals surface area contributed by atoms with Crippen molar-refractivity contribution in [2.24, 2.45) is 5.92 Å². The monoisotopic (exact) mass is 363 g/mol. The third-order valence-electron chi connectivity index (χ3n) is 5.43. The molecule has 1 aliphatic carbocycles. The number of rotatable bonds is 3. The van der Waals surface area contributed by atoms with E-state index in [1.165, 1.54) is 44.1 Å². The molecule has 0 amide bonds. The standard InChI is InChI=1S/C24H23F2N/c1-2-3-17-4-9-20(10-5-17)21-11-6-18(7-12-21)8-13-22-23(25)14-19(16-27)15-24(22)26/h6-7,11-12,14-15,17,20H,2-5,9-10H2,1H3. The van der Waals surface area contributed by atoms with Crippen LogP contribution in [0.2, 0.25) is 0 Å². The molecule has 0 heterocycles. The van der Waals surface area contributed by atoms with Crippen LogP contribution >= 0.6 is 0 Å². The van der Waals surface area contributed by atoms with Gasteiger partial charge in [-0.25, -0.2) is 8.78 Å². The summed E-state index contributed by atoms with van der Waals surface area (Å²) in [6.45, 7) is 2.25. The summed E-state index contributed by atoms with van der Waals surface area (Å²) in [6.07, 6.45) is 7.68. The Hall–Kier alpha value is -2.65. The maximum Gasteiger partial charge on any atom is 0.143 e. The Morgan fingerprint density at radius 3 is 2.11 bits per heavy atom. The quantitative estimate of drug-likeness (QED) is 0.586. The molecule has 0 aromatic heterocycles. The highest BCUT2D eigenvalue weighted by Crippen LogP contribution is 2.37. The van der Waals surface area contributed by atoms with Crippen LogP contribution in [-0.4, -0.2) is 0 Å². The highest BCUT2D eigenvalue weighted by atomic mass is 19.1. The van der Waals surface area contributed by atoms with E-state index in [0.717, 1.165) is 23.6 Å². The molecule has 27 heavy (non-hydrogen) atoms. The lowest BCUT2D eigenvalue weighted by molar-refractivity contribution is 0.308. The van der Waals surface area contributed by atoms with Crippen molar-refractivity contribution in [1.29, 1.82) is 5.26 Å². The van der Waals surface area contributed by atoms with Crippen molar-refractivity contribution in [3.8, 4) is 17.9 Å². The minimum Gasteiger partial charge on any atom is -0.205 e. The van der Waals surface area contributed by atoms with Crippen LogP contribution < -0.4 is 0 Å². The first-order valence-electron chi connectivity index (χ1n) is 9.61. The normalized spacial score (nSPS) is 19.0. The van der Waals surface area contributed by atoms with Crippen molar-refractivity contribution < 1.29 is 8.78 Å². The fraction of sp³-hybridized carbons (Fsp3) is 0.375. The van der Waals surface area contributed by atoms with Gasteiger partial charge in [-0.15, -0.1) is 0 Å². The number of nitrogens with zero attached hydrogens (tertiary/aromatic N) is 1. The van der Waals surface area contributed by atoms with Crippen molar-refractivity contribution in [3.63, 3.8) is 0 Å². The smallest absolute Gasteiger partial charge is 0.143 e. The van der Waals surface area contributed by atoms with Crippen LogP contribution in [0.3, 0.4) is 0 Å². The van der Waals surface area contributed by atoms with Crippen molar-refractivity contribution in [1.82, 2.24) is 0 Å². The average Bonchev–Trinajstić information content (AvgIpc) is 2.68. The molecule has 1 nitrogen and oxygen atoms in total. The largest absolute Gasteiger partial charge is 0.205 e. The molecule has 0 atom stereocenters. The van der Waals surface area contributed by atoms with Crippen LogP contribution in [0, 0.1) is 40.7 Å². The van der Waals surface area contributed by atoms with Crippen LogP contribution in [0.1, 0.15) is 73.6 Å². The Morgan fingerprint density at radius 1 is 0.926 bits per heavy atom. The minimum atomic E-state index is -0.806. The lowest BCUT2D eigenvalue weighted by Gasteiger charge is -2.28. The van der Waals surface area contributed by atoms with E-state index >= 15 is 0 Å². The van der Waals surface area contributed by atoms with Crippen molar-refractivity contribution >= 4 is 0 Å². The van der Waals surface area contributed by atoms with Crippen LogP contribution in [0.5, 0.6) is 0 Å². The molecule has 0 bridgehead atoms. The van der Waals surface area contributed by atoms with Gasteiger partial charge in [-0.3, -0.25) is 0 Å². The first-order valence-corrected chi connectivity index (χ1v) is 9.61. The Labute approximate surface area is 160 Å². The first-order chi connectivity index (χ1) is 13.1. The van der Waals surface area contributed by atoms with Gasteiger partial charge in [0.05, 0.1) is 17.2 Å². The summed E-state index contributed by atoms with van der Waals surface area (Å²) in [5.41, 5.74) is 1.70. The second kappa shape index (κ2) is 8.83. The summed E-state index contributed by atoms with van der Waals surface area (Å²) in [6, 6.07) is 11.7. The first kappa shape index (κ1) is 19.1. The zero-order valence-corrected chi connectivity index (χ0v) is 15.6. The van der Waals surface area contributed by atoms with E-state index in [2.05, 4.69) is 30.9 Å². The molecule has 138 valence electrons. The summed E-state index contributed by atoms with van der Waals surface area (Å²) in [4.78, 5) is 0. The summed E-state index contributed by atoms with van der Waals surface area (Å²) in [5.74, 6) is 5.26. The van der Waals surface area contributed by atoms with Gasteiger partial charge in [-0.05, 0) is 67.3 Å². The van der Waals surface area contributed by atoms with Crippen molar-refractivity contribution in [2.45, 2.75) is 51.4 Å². The van der Waals surface area contributed by atoms with Crippen LogP contribution in [0.4, 0.5) is 8.78 Å². The van der Waals surface area contributed by atoms with E-state index in [-0.39, 0.29) is 11.1 Å². The van der Waals surface area contributed by atoms with E-state index in [9.17, 15) is 8.78 Å². The fourth-order valence-electron chi connectivity index (χ4n) is 3.92. The molecule has 2 aromatic rings. The van der Waals surface area contributed by atoms with E-state index in [4.69, 9.17) is 5.26 Å². The Bertz CT molecular complexity index is 866. The number of hydrogen-bond donors (Lipinski definition) is 0. The Balaban J connectivity index is 1.69. The van der Waals surface area contributed by atoms with E-state index in [1.807, 2.05) is 12.1 Å². The van der Waals surface area contributed by atoms with Crippen LogP contribution in [0.25, 0.3) is 0 Å². The molecule has 3 heteroatoms. The van der Waals surface area contributed by atoms with E-state index in [0.29, 0.717) is 5.92 Å². The maximum absolute atomic E-state index is 13.9. The summed E-state index contributed by atoms with van der Waals surface area (Å²) < 4.78 is 27.8. The molecule has 3 rings (SSSR count). The number of halogens is 2. The molecule has 0 saturated heterocycles. The summed E-state index contributed by atoms with van der Waals surface area (Å²) >= 11 is 0. The molecule has 1 fully saturated rings. The van der Waals surface area contributed by atoms with Gasteiger partial charge in [0.2, 0.25) is 0 Å². The highest BCUT2D eigenvalue weighted by Gasteiger charge is 2.21. The molecule has 0 N–H and O–H groups in total. The summed E-state index contributed by atoms with van der Waals surface area (Å²) in [7, 11) is 0. The van der Waals surface area contributed by atoms with Crippen molar-refractivity contribution in [3.05, 3.63) is 70.3 Å². The molecule has 2 aromatic carbocycles. The number of nitriles is 1. The predicted octanol–water partition coefficient (Wildman–Crippen LogP) is 6.31. The lowest BCUT2D eigenvalue weighted by Crippen LogP contribution is -2.13. The minimum absolute atomic E-state index is 0.0476. The third kappa shape index (κ3) is 4.75. The SMILES string of the molecule is CCCC1CCC(c2ccc(C#Cc3c(F)cc(C#N)cc3F)cc2)CC1. The van der Waals surface area contributed by atoms with Gasteiger partial charge in [0.15, 0.2) is 0 Å². The molecule has 0 unspecified atom stereocenters. The van der Waals surface area contributed by atoms with Gasteiger partial charge < -0.3 is 0 Å². The third-order valence-corrected chi connectivity index (χ3v) is 5.43. The zero-order chi connectivity index (χ0) is 19.2. The number of hydrogen-bond acceptors (Lipinski definition) is 1. The van der Waals surface area contributed by atoms with Gasteiger partial charge in [0.25, 0.3) is 0 Å². The van der Waals surface area contributed by atoms with Gasteiger partial charge >= 0.3 is 0 Å². The molecular formula is C24H23F2N. The fourth-order valence-corrected chi connectivity index (χ4v) is 3.92. The topological polar surface area (TPSA) is 23.8 Å². The van der Waals surface area contributed by atoms with Gasteiger partial charge in [-0.2, -0.15) is 5.26 Å². The number of benzene rings is 2. The molecule has 1 aliphatic rings. The maximum atomic E-state index is 13.9.